The van der Waals surface area contributed by atoms with Crippen LogP contribution in [-0.4, -0.2) is 23.4 Å². The van der Waals surface area contributed by atoms with Crippen LogP contribution in [-0.2, 0) is 11.3 Å². The summed E-state index contributed by atoms with van der Waals surface area (Å²) >= 11 is 0. The van der Waals surface area contributed by atoms with Crippen molar-refractivity contribution in [2.24, 2.45) is 0 Å². The highest BCUT2D eigenvalue weighted by molar-refractivity contribution is 5.20. The molecule has 0 bridgehead atoms. The Morgan fingerprint density at radius 3 is 2.94 bits per heavy atom. The summed E-state index contributed by atoms with van der Waals surface area (Å²) in [5.74, 6) is 2.28. The van der Waals surface area contributed by atoms with Crippen molar-refractivity contribution < 1.29 is 14.0 Å². The fourth-order valence-electron chi connectivity index (χ4n) is 1.89. The Morgan fingerprint density at radius 1 is 1.28 bits per heavy atom. The molecule has 94 valence electrons. The van der Waals surface area contributed by atoms with Crippen LogP contribution >= 0.6 is 0 Å². The maximum Gasteiger partial charge on any atom is 0.264 e. The fraction of sp³-hybridized carbons (Fsp3) is 0.385. The quantitative estimate of drug-likeness (QED) is 0.827. The van der Waals surface area contributed by atoms with Crippen molar-refractivity contribution in [1.82, 2.24) is 10.1 Å². The van der Waals surface area contributed by atoms with E-state index >= 15 is 0 Å². The molecule has 0 unspecified atom stereocenters. The van der Waals surface area contributed by atoms with E-state index < -0.39 is 0 Å². The average molecular weight is 246 g/mol. The number of benzene rings is 1. The van der Waals surface area contributed by atoms with E-state index in [4.69, 9.17) is 14.0 Å². The molecule has 5 heteroatoms. The number of aromatic nitrogens is 2. The van der Waals surface area contributed by atoms with Crippen LogP contribution in [0.3, 0.4) is 0 Å². The Balaban J connectivity index is 1.60. The van der Waals surface area contributed by atoms with Gasteiger partial charge in [0.25, 0.3) is 5.89 Å². The normalized spacial score (nSPS) is 19.0. The molecule has 0 aliphatic carbocycles. The maximum absolute atomic E-state index is 5.54. The number of hydrogen-bond acceptors (Lipinski definition) is 5. The van der Waals surface area contributed by atoms with Gasteiger partial charge in [-0.05, 0) is 18.6 Å². The predicted octanol–water partition coefficient (Wildman–Crippen LogP) is 2.15. The van der Waals surface area contributed by atoms with Crippen LogP contribution in [0.5, 0.6) is 5.75 Å². The summed E-state index contributed by atoms with van der Waals surface area (Å²) in [5, 5.41) is 3.96. The SMILES string of the molecule is c1ccc(OCc2nc([C@H]3CCOC3)no2)cc1. The van der Waals surface area contributed by atoms with Crippen molar-refractivity contribution in [2.45, 2.75) is 18.9 Å². The van der Waals surface area contributed by atoms with E-state index in [-0.39, 0.29) is 5.92 Å². The fourth-order valence-corrected chi connectivity index (χ4v) is 1.89. The van der Waals surface area contributed by atoms with Gasteiger partial charge in [0.2, 0.25) is 0 Å². The summed E-state index contributed by atoms with van der Waals surface area (Å²) in [6.07, 6.45) is 0.957. The second-order valence-corrected chi connectivity index (χ2v) is 4.21. The molecule has 1 aromatic carbocycles. The van der Waals surface area contributed by atoms with E-state index in [0.29, 0.717) is 19.1 Å². The smallest absolute Gasteiger partial charge is 0.264 e. The lowest BCUT2D eigenvalue weighted by molar-refractivity contribution is 0.192. The molecule has 0 spiro atoms. The van der Waals surface area contributed by atoms with Gasteiger partial charge in [0.1, 0.15) is 5.75 Å². The molecule has 1 aliphatic rings. The third kappa shape index (κ3) is 2.51. The highest BCUT2D eigenvalue weighted by atomic mass is 16.5. The first-order chi connectivity index (χ1) is 8.92. The molecule has 18 heavy (non-hydrogen) atoms. The van der Waals surface area contributed by atoms with Gasteiger partial charge in [-0.1, -0.05) is 23.4 Å². The van der Waals surface area contributed by atoms with Crippen molar-refractivity contribution in [2.75, 3.05) is 13.2 Å². The zero-order valence-electron chi connectivity index (χ0n) is 9.91. The van der Waals surface area contributed by atoms with E-state index in [2.05, 4.69) is 10.1 Å². The van der Waals surface area contributed by atoms with Gasteiger partial charge in [-0.25, -0.2) is 0 Å². The Bertz CT molecular complexity index is 492. The van der Waals surface area contributed by atoms with Gasteiger partial charge in [-0.2, -0.15) is 4.98 Å². The number of nitrogens with zero attached hydrogens (tertiary/aromatic N) is 2. The van der Waals surface area contributed by atoms with Crippen molar-refractivity contribution in [1.29, 1.82) is 0 Å². The van der Waals surface area contributed by atoms with Crippen LogP contribution in [0.4, 0.5) is 0 Å². The van der Waals surface area contributed by atoms with Crippen molar-refractivity contribution in [3.05, 3.63) is 42.0 Å². The summed E-state index contributed by atoms with van der Waals surface area (Å²) in [6.45, 7) is 1.75. The highest BCUT2D eigenvalue weighted by Crippen LogP contribution is 2.22. The first kappa shape index (κ1) is 11.2. The first-order valence-electron chi connectivity index (χ1n) is 6.00. The minimum absolute atomic E-state index is 0.263. The van der Waals surface area contributed by atoms with Gasteiger partial charge in [-0.15, -0.1) is 0 Å². The molecule has 1 aromatic heterocycles. The molecule has 0 saturated carbocycles. The molecule has 0 radical (unpaired) electrons. The van der Waals surface area contributed by atoms with Crippen LogP contribution in [0.2, 0.25) is 0 Å². The van der Waals surface area contributed by atoms with Gasteiger partial charge >= 0.3 is 0 Å². The Kier molecular flexibility index (Phi) is 3.23. The molecule has 1 atom stereocenters. The van der Waals surface area contributed by atoms with E-state index in [1.807, 2.05) is 30.3 Å². The molecule has 2 aromatic rings. The largest absolute Gasteiger partial charge is 0.484 e. The Labute approximate surface area is 105 Å². The van der Waals surface area contributed by atoms with Crippen LogP contribution in [0.25, 0.3) is 0 Å². The minimum atomic E-state index is 0.263. The standard InChI is InChI=1S/C13H14N2O3/c1-2-4-11(5-3-1)17-9-12-14-13(15-18-12)10-6-7-16-8-10/h1-5,10H,6-9H2/t10-/m0/s1. The average Bonchev–Trinajstić information content (AvgIpc) is 3.08. The molecule has 1 aliphatic heterocycles. The van der Waals surface area contributed by atoms with Crippen molar-refractivity contribution in [3.8, 4) is 5.75 Å². The van der Waals surface area contributed by atoms with Gasteiger partial charge in [0.15, 0.2) is 12.4 Å². The highest BCUT2D eigenvalue weighted by Gasteiger charge is 2.23. The third-order valence-electron chi connectivity index (χ3n) is 2.88. The lowest BCUT2D eigenvalue weighted by Gasteiger charge is -2.01. The maximum atomic E-state index is 5.54. The third-order valence-corrected chi connectivity index (χ3v) is 2.88. The molecule has 5 nitrogen and oxygen atoms in total. The van der Waals surface area contributed by atoms with Gasteiger partial charge in [0, 0.05) is 12.5 Å². The van der Waals surface area contributed by atoms with Crippen molar-refractivity contribution >= 4 is 0 Å². The first-order valence-corrected chi connectivity index (χ1v) is 6.00. The van der Waals surface area contributed by atoms with Crippen LogP contribution in [0.1, 0.15) is 24.1 Å². The molecule has 1 saturated heterocycles. The zero-order chi connectivity index (χ0) is 12.2. The molecule has 0 N–H and O–H groups in total. The molecular formula is C13H14N2O3. The molecule has 3 rings (SSSR count). The summed E-state index contributed by atoms with van der Waals surface area (Å²) in [5.41, 5.74) is 0. The topological polar surface area (TPSA) is 57.4 Å². The second-order valence-electron chi connectivity index (χ2n) is 4.21. The van der Waals surface area contributed by atoms with Gasteiger partial charge in [-0.3, -0.25) is 0 Å². The van der Waals surface area contributed by atoms with E-state index in [0.717, 1.165) is 24.6 Å². The van der Waals surface area contributed by atoms with Crippen LogP contribution in [0, 0.1) is 0 Å². The van der Waals surface area contributed by atoms with E-state index in [1.165, 1.54) is 0 Å². The van der Waals surface area contributed by atoms with Gasteiger partial charge in [0.05, 0.1) is 6.61 Å². The van der Waals surface area contributed by atoms with E-state index in [1.54, 1.807) is 0 Å². The Morgan fingerprint density at radius 2 is 2.17 bits per heavy atom. The summed E-state index contributed by atoms with van der Waals surface area (Å²) in [6, 6.07) is 9.57. The number of rotatable bonds is 4. The zero-order valence-corrected chi connectivity index (χ0v) is 9.91. The molecular weight excluding hydrogens is 232 g/mol. The number of ether oxygens (including phenoxy) is 2. The monoisotopic (exact) mass is 246 g/mol. The van der Waals surface area contributed by atoms with Gasteiger partial charge < -0.3 is 14.0 Å². The summed E-state index contributed by atoms with van der Waals surface area (Å²) < 4.78 is 16.0. The summed E-state index contributed by atoms with van der Waals surface area (Å²) in [7, 11) is 0. The van der Waals surface area contributed by atoms with Crippen LogP contribution < -0.4 is 4.74 Å². The molecule has 1 fully saturated rings. The Hall–Kier alpha value is -1.88. The van der Waals surface area contributed by atoms with Crippen molar-refractivity contribution in [3.63, 3.8) is 0 Å². The number of hydrogen-bond donors (Lipinski definition) is 0. The minimum Gasteiger partial charge on any atom is -0.484 e. The second kappa shape index (κ2) is 5.18. The predicted molar refractivity (Wildman–Crippen MR) is 63.2 cm³/mol. The summed E-state index contributed by atoms with van der Waals surface area (Å²) in [4.78, 5) is 4.32. The number of para-hydroxylation sites is 1. The van der Waals surface area contributed by atoms with E-state index in [9.17, 15) is 0 Å². The van der Waals surface area contributed by atoms with Crippen LogP contribution in [0.15, 0.2) is 34.9 Å². The molecule has 2 heterocycles. The molecule has 0 amide bonds. The lowest BCUT2D eigenvalue weighted by atomic mass is 10.1. The lowest BCUT2D eigenvalue weighted by Crippen LogP contribution is -2.01.